The Bertz CT molecular complexity index is 224. The van der Waals surface area contributed by atoms with E-state index in [0.717, 1.165) is 4.60 Å². The van der Waals surface area contributed by atoms with Crippen molar-refractivity contribution in [2.45, 2.75) is 19.4 Å². The maximum absolute atomic E-state index is 11.7. The number of hydrogen-bond donors (Lipinski definition) is 0. The molecule has 0 saturated carbocycles. The molecule has 1 aromatic heterocycles. The first-order valence-corrected chi connectivity index (χ1v) is 3.95. The van der Waals surface area contributed by atoms with E-state index in [1.165, 1.54) is 4.68 Å². The molecule has 0 bridgehead atoms. The lowest BCUT2D eigenvalue weighted by molar-refractivity contribution is 0.129. The highest BCUT2D eigenvalue weighted by Gasteiger charge is 2.04. The summed E-state index contributed by atoms with van der Waals surface area (Å²) in [6.45, 7) is 0.255. The number of rotatable bonds is 3. The van der Waals surface area contributed by atoms with Crippen LogP contribution < -0.4 is 0 Å². The van der Waals surface area contributed by atoms with Gasteiger partial charge >= 0.3 is 0 Å². The molecule has 2 nitrogen and oxygen atoms in total. The minimum atomic E-state index is -2.26. The van der Waals surface area contributed by atoms with Gasteiger partial charge in [0, 0.05) is 13.0 Å². The van der Waals surface area contributed by atoms with Gasteiger partial charge in [0.25, 0.3) is 0 Å². The first-order chi connectivity index (χ1) is 5.20. The quantitative estimate of drug-likeness (QED) is 0.771. The van der Waals surface area contributed by atoms with Crippen LogP contribution in [-0.4, -0.2) is 16.2 Å². The smallest absolute Gasteiger partial charge is 0.240 e. The Labute approximate surface area is 71.3 Å². The van der Waals surface area contributed by atoms with Crippen molar-refractivity contribution in [3.05, 3.63) is 16.9 Å². The van der Waals surface area contributed by atoms with Crippen LogP contribution in [0.15, 0.2) is 16.9 Å². The molecule has 0 unspecified atom stereocenters. The van der Waals surface area contributed by atoms with Gasteiger partial charge in [0.2, 0.25) is 6.43 Å². The molecule has 11 heavy (non-hydrogen) atoms. The van der Waals surface area contributed by atoms with Crippen molar-refractivity contribution in [3.63, 3.8) is 0 Å². The average molecular weight is 225 g/mol. The third kappa shape index (κ3) is 2.57. The summed E-state index contributed by atoms with van der Waals surface area (Å²) in [6.07, 6.45) is -0.846. The fraction of sp³-hybridized carbons (Fsp3) is 0.500. The van der Waals surface area contributed by atoms with Crippen LogP contribution in [0.1, 0.15) is 6.42 Å². The molecule has 0 N–H and O–H groups in total. The van der Waals surface area contributed by atoms with E-state index in [2.05, 4.69) is 21.0 Å². The summed E-state index contributed by atoms with van der Waals surface area (Å²) in [5, 5.41) is 3.82. The Morgan fingerprint density at radius 1 is 1.64 bits per heavy atom. The van der Waals surface area contributed by atoms with Crippen molar-refractivity contribution < 1.29 is 8.78 Å². The molecule has 1 rings (SSSR count). The molecule has 0 amide bonds. The van der Waals surface area contributed by atoms with E-state index in [9.17, 15) is 8.78 Å². The number of alkyl halides is 2. The van der Waals surface area contributed by atoms with Gasteiger partial charge in [-0.15, -0.1) is 0 Å². The van der Waals surface area contributed by atoms with Crippen LogP contribution in [-0.2, 0) is 6.54 Å². The van der Waals surface area contributed by atoms with Crippen LogP contribution in [0.2, 0.25) is 0 Å². The van der Waals surface area contributed by atoms with Crippen molar-refractivity contribution in [1.29, 1.82) is 0 Å². The van der Waals surface area contributed by atoms with Crippen molar-refractivity contribution in [1.82, 2.24) is 9.78 Å². The predicted molar refractivity (Wildman–Crippen MR) is 40.5 cm³/mol. The van der Waals surface area contributed by atoms with Crippen LogP contribution >= 0.6 is 15.9 Å². The van der Waals surface area contributed by atoms with Crippen LogP contribution in [0.25, 0.3) is 0 Å². The van der Waals surface area contributed by atoms with Crippen LogP contribution in [0.4, 0.5) is 8.78 Å². The Hall–Kier alpha value is -0.450. The molecule has 0 fully saturated rings. The van der Waals surface area contributed by atoms with E-state index in [0.29, 0.717) is 0 Å². The Kier molecular flexibility index (Phi) is 2.99. The fourth-order valence-electron chi connectivity index (χ4n) is 0.701. The zero-order valence-corrected chi connectivity index (χ0v) is 7.26. The molecule has 1 heterocycles. The monoisotopic (exact) mass is 224 g/mol. The molecule has 0 radical (unpaired) electrons. The second-order valence-electron chi connectivity index (χ2n) is 2.06. The summed E-state index contributed by atoms with van der Waals surface area (Å²) in [5.74, 6) is 0. The summed E-state index contributed by atoms with van der Waals surface area (Å²) in [5.41, 5.74) is 0. The molecule has 0 saturated heterocycles. The van der Waals surface area contributed by atoms with Crippen molar-refractivity contribution in [2.75, 3.05) is 0 Å². The van der Waals surface area contributed by atoms with E-state index in [4.69, 9.17) is 0 Å². The number of hydrogen-bond acceptors (Lipinski definition) is 1. The largest absolute Gasteiger partial charge is 0.258 e. The Morgan fingerprint density at radius 2 is 2.36 bits per heavy atom. The fourth-order valence-corrected chi connectivity index (χ4v) is 1.09. The number of aryl methyl sites for hydroxylation is 1. The van der Waals surface area contributed by atoms with Gasteiger partial charge in [-0.05, 0) is 22.0 Å². The van der Waals surface area contributed by atoms with Gasteiger partial charge in [0.1, 0.15) is 4.60 Å². The lowest BCUT2D eigenvalue weighted by atomic mass is 10.4. The first-order valence-electron chi connectivity index (χ1n) is 3.15. The number of nitrogens with zero attached hydrogens (tertiary/aromatic N) is 2. The SMILES string of the molecule is FC(F)CCn1nccc1Br. The van der Waals surface area contributed by atoms with Crippen LogP contribution in [0.5, 0.6) is 0 Å². The maximum Gasteiger partial charge on any atom is 0.240 e. The first kappa shape index (κ1) is 8.64. The van der Waals surface area contributed by atoms with Gasteiger partial charge in [0.15, 0.2) is 0 Å². The van der Waals surface area contributed by atoms with Gasteiger partial charge in [-0.1, -0.05) is 0 Å². The molecule has 5 heteroatoms. The topological polar surface area (TPSA) is 17.8 Å². The second-order valence-corrected chi connectivity index (χ2v) is 2.87. The highest BCUT2D eigenvalue weighted by molar-refractivity contribution is 9.10. The maximum atomic E-state index is 11.7. The molecule has 0 spiro atoms. The molecule has 0 atom stereocenters. The summed E-state index contributed by atoms with van der Waals surface area (Å²) in [6, 6.07) is 1.71. The standard InChI is InChI=1S/C6H7BrF2N2/c7-5-1-3-10-11(5)4-2-6(8)9/h1,3,6H,2,4H2. The molecule has 62 valence electrons. The Balaban J connectivity index is 2.44. The number of halogens is 3. The van der Waals surface area contributed by atoms with Gasteiger partial charge in [-0.3, -0.25) is 4.68 Å². The van der Waals surface area contributed by atoms with Gasteiger partial charge < -0.3 is 0 Å². The molecular formula is C6H7BrF2N2. The zero-order valence-electron chi connectivity index (χ0n) is 5.67. The normalized spacial score (nSPS) is 10.9. The van der Waals surface area contributed by atoms with E-state index in [1.54, 1.807) is 12.3 Å². The lowest BCUT2D eigenvalue weighted by Crippen LogP contribution is -2.04. The highest BCUT2D eigenvalue weighted by atomic mass is 79.9. The molecule has 0 aliphatic rings. The molecule has 0 aliphatic carbocycles. The average Bonchev–Trinajstić information content (AvgIpc) is 2.31. The zero-order chi connectivity index (χ0) is 8.27. The molecule has 0 aliphatic heterocycles. The van der Waals surface area contributed by atoms with Crippen LogP contribution in [0, 0.1) is 0 Å². The van der Waals surface area contributed by atoms with Crippen molar-refractivity contribution in [3.8, 4) is 0 Å². The summed E-state index contributed by atoms with van der Waals surface area (Å²) in [7, 11) is 0. The second kappa shape index (κ2) is 3.80. The molecular weight excluding hydrogens is 218 g/mol. The third-order valence-electron chi connectivity index (χ3n) is 1.22. The summed E-state index contributed by atoms with van der Waals surface area (Å²) in [4.78, 5) is 0. The molecule has 0 aromatic carbocycles. The lowest BCUT2D eigenvalue weighted by Gasteiger charge is -2.01. The molecule has 1 aromatic rings. The Morgan fingerprint density at radius 3 is 2.82 bits per heavy atom. The van der Waals surface area contributed by atoms with Crippen LogP contribution in [0.3, 0.4) is 0 Å². The summed E-state index contributed by atoms with van der Waals surface area (Å²) >= 11 is 3.17. The predicted octanol–water partition coefficient (Wildman–Crippen LogP) is 2.30. The van der Waals surface area contributed by atoms with E-state index in [1.807, 2.05) is 0 Å². The van der Waals surface area contributed by atoms with Crippen molar-refractivity contribution in [2.24, 2.45) is 0 Å². The minimum absolute atomic E-state index is 0.153. The highest BCUT2D eigenvalue weighted by Crippen LogP contribution is 2.09. The number of aromatic nitrogens is 2. The van der Waals surface area contributed by atoms with E-state index >= 15 is 0 Å². The van der Waals surface area contributed by atoms with Gasteiger partial charge in [0.05, 0.1) is 6.20 Å². The minimum Gasteiger partial charge on any atom is -0.258 e. The van der Waals surface area contributed by atoms with E-state index in [-0.39, 0.29) is 13.0 Å². The van der Waals surface area contributed by atoms with E-state index < -0.39 is 6.43 Å². The third-order valence-corrected chi connectivity index (χ3v) is 1.90. The summed E-state index contributed by atoms with van der Waals surface area (Å²) < 4.78 is 25.6. The van der Waals surface area contributed by atoms with Gasteiger partial charge in [-0.25, -0.2) is 8.78 Å². The van der Waals surface area contributed by atoms with Gasteiger partial charge in [-0.2, -0.15) is 5.10 Å². The van der Waals surface area contributed by atoms with Crippen molar-refractivity contribution >= 4 is 15.9 Å².